The van der Waals surface area contributed by atoms with Crippen molar-refractivity contribution in [3.05, 3.63) is 65.0 Å². The highest BCUT2D eigenvalue weighted by Gasteiger charge is 2.01. The van der Waals surface area contributed by atoms with Crippen LogP contribution in [0.25, 0.3) is 0 Å². The van der Waals surface area contributed by atoms with Gasteiger partial charge in [0.1, 0.15) is 23.2 Å². The number of nitrogens with two attached hydrogens (primary N) is 1. The lowest BCUT2D eigenvalue weighted by Gasteiger charge is -2.08. The maximum atomic E-state index is 13.1. The average Bonchev–Trinajstić information content (AvgIpc) is 2.40. The first-order valence-electron chi connectivity index (χ1n) is 5.84. The summed E-state index contributed by atoms with van der Waals surface area (Å²) in [5.74, 6) is 0.422. The molecular formula is C15H14FNOS. The minimum Gasteiger partial charge on any atom is -0.489 e. The lowest BCUT2D eigenvalue weighted by Crippen LogP contribution is -2.09. The summed E-state index contributed by atoms with van der Waals surface area (Å²) in [6, 6.07) is 12.2. The van der Waals surface area contributed by atoms with Gasteiger partial charge in [0.05, 0.1) is 0 Å². The van der Waals surface area contributed by atoms with Gasteiger partial charge in [-0.15, -0.1) is 0 Å². The quantitative estimate of drug-likeness (QED) is 0.869. The van der Waals surface area contributed by atoms with Gasteiger partial charge >= 0.3 is 0 Å². The Labute approximate surface area is 117 Å². The fraction of sp³-hybridized carbons (Fsp3) is 0.133. The minimum absolute atomic E-state index is 0.229. The van der Waals surface area contributed by atoms with E-state index in [0.29, 0.717) is 22.9 Å². The summed E-state index contributed by atoms with van der Waals surface area (Å²) < 4.78 is 18.7. The Kier molecular flexibility index (Phi) is 4.12. The number of rotatable bonds is 4. The lowest BCUT2D eigenvalue weighted by atomic mass is 10.1. The molecule has 98 valence electrons. The molecule has 0 aromatic heterocycles. The Balaban J connectivity index is 2.01. The Bertz CT molecular complexity index is 596. The van der Waals surface area contributed by atoms with Crippen LogP contribution in [0.3, 0.4) is 0 Å². The molecule has 0 aliphatic rings. The molecule has 0 spiro atoms. The predicted octanol–water partition coefficient (Wildman–Crippen LogP) is 3.35. The standard InChI is InChI=1S/C15H14FNOS/c1-10-8-13(6-7-14(10)16)18-9-11-2-4-12(5-3-11)15(17)19/h2-8H,9H2,1H3,(H2,17,19). The summed E-state index contributed by atoms with van der Waals surface area (Å²) in [5.41, 5.74) is 7.93. The molecule has 0 radical (unpaired) electrons. The van der Waals surface area contributed by atoms with Gasteiger partial charge in [-0.3, -0.25) is 0 Å². The smallest absolute Gasteiger partial charge is 0.126 e. The van der Waals surface area contributed by atoms with E-state index in [2.05, 4.69) is 0 Å². The molecule has 2 aromatic rings. The van der Waals surface area contributed by atoms with Crippen molar-refractivity contribution in [2.75, 3.05) is 0 Å². The summed E-state index contributed by atoms with van der Waals surface area (Å²) in [5, 5.41) is 0. The van der Waals surface area contributed by atoms with Crippen molar-refractivity contribution >= 4 is 17.2 Å². The molecule has 19 heavy (non-hydrogen) atoms. The summed E-state index contributed by atoms with van der Waals surface area (Å²) in [4.78, 5) is 0.377. The van der Waals surface area contributed by atoms with E-state index in [0.717, 1.165) is 11.1 Å². The maximum Gasteiger partial charge on any atom is 0.126 e. The Morgan fingerprint density at radius 2 is 1.89 bits per heavy atom. The number of hydrogen-bond acceptors (Lipinski definition) is 2. The Morgan fingerprint density at radius 1 is 1.21 bits per heavy atom. The van der Waals surface area contributed by atoms with Gasteiger partial charge in [-0.2, -0.15) is 0 Å². The molecule has 2 N–H and O–H groups in total. The van der Waals surface area contributed by atoms with Gasteiger partial charge in [0, 0.05) is 5.56 Å². The number of ether oxygens (including phenoxy) is 1. The summed E-state index contributed by atoms with van der Waals surface area (Å²) in [6.07, 6.45) is 0. The third kappa shape index (κ3) is 3.51. The van der Waals surface area contributed by atoms with E-state index < -0.39 is 0 Å². The minimum atomic E-state index is -0.229. The van der Waals surface area contributed by atoms with Gasteiger partial charge in [0.25, 0.3) is 0 Å². The van der Waals surface area contributed by atoms with Gasteiger partial charge in [0.2, 0.25) is 0 Å². The van der Waals surface area contributed by atoms with Crippen LogP contribution in [0.1, 0.15) is 16.7 Å². The molecule has 0 atom stereocenters. The first-order valence-corrected chi connectivity index (χ1v) is 6.25. The second kappa shape index (κ2) is 5.80. The van der Waals surface area contributed by atoms with E-state index >= 15 is 0 Å². The van der Waals surface area contributed by atoms with Crippen molar-refractivity contribution in [2.24, 2.45) is 5.73 Å². The third-order valence-electron chi connectivity index (χ3n) is 2.77. The molecule has 0 fully saturated rings. The SMILES string of the molecule is Cc1cc(OCc2ccc(C(N)=S)cc2)ccc1F. The highest BCUT2D eigenvalue weighted by Crippen LogP contribution is 2.17. The molecular weight excluding hydrogens is 261 g/mol. The number of thiocarbonyl (C=S) groups is 1. The van der Waals surface area contributed by atoms with Crippen molar-refractivity contribution in [3.63, 3.8) is 0 Å². The number of hydrogen-bond donors (Lipinski definition) is 1. The molecule has 0 aliphatic heterocycles. The van der Waals surface area contributed by atoms with E-state index in [4.69, 9.17) is 22.7 Å². The first kappa shape index (κ1) is 13.5. The van der Waals surface area contributed by atoms with Crippen LogP contribution in [0, 0.1) is 12.7 Å². The van der Waals surface area contributed by atoms with E-state index in [-0.39, 0.29) is 5.82 Å². The van der Waals surface area contributed by atoms with Crippen molar-refractivity contribution in [3.8, 4) is 5.75 Å². The Morgan fingerprint density at radius 3 is 2.47 bits per heavy atom. The largest absolute Gasteiger partial charge is 0.489 e. The molecule has 0 unspecified atom stereocenters. The fourth-order valence-corrected chi connectivity index (χ4v) is 1.77. The second-order valence-electron chi connectivity index (χ2n) is 4.26. The van der Waals surface area contributed by atoms with Crippen LogP contribution in [-0.2, 0) is 6.61 Å². The zero-order valence-corrected chi connectivity index (χ0v) is 11.3. The lowest BCUT2D eigenvalue weighted by molar-refractivity contribution is 0.305. The van der Waals surface area contributed by atoms with Crippen LogP contribution in [0.15, 0.2) is 42.5 Å². The molecule has 0 bridgehead atoms. The molecule has 0 aliphatic carbocycles. The molecule has 0 heterocycles. The third-order valence-corrected chi connectivity index (χ3v) is 3.01. The van der Waals surface area contributed by atoms with Gasteiger partial charge in [0.15, 0.2) is 0 Å². The van der Waals surface area contributed by atoms with Crippen LogP contribution in [0.5, 0.6) is 5.75 Å². The maximum absolute atomic E-state index is 13.1. The van der Waals surface area contributed by atoms with E-state index in [1.165, 1.54) is 6.07 Å². The zero-order chi connectivity index (χ0) is 13.8. The van der Waals surface area contributed by atoms with Crippen LogP contribution < -0.4 is 10.5 Å². The summed E-state index contributed by atoms with van der Waals surface area (Å²) >= 11 is 4.88. The van der Waals surface area contributed by atoms with Gasteiger partial charge in [-0.25, -0.2) is 4.39 Å². The predicted molar refractivity (Wildman–Crippen MR) is 77.8 cm³/mol. The molecule has 4 heteroatoms. The van der Waals surface area contributed by atoms with Crippen molar-refractivity contribution in [1.29, 1.82) is 0 Å². The second-order valence-corrected chi connectivity index (χ2v) is 4.70. The molecule has 2 rings (SSSR count). The molecule has 0 saturated heterocycles. The normalized spacial score (nSPS) is 10.2. The van der Waals surface area contributed by atoms with Crippen molar-refractivity contribution in [1.82, 2.24) is 0 Å². The van der Waals surface area contributed by atoms with Gasteiger partial charge < -0.3 is 10.5 Å². The number of halogens is 1. The summed E-state index contributed by atoms with van der Waals surface area (Å²) in [7, 11) is 0. The van der Waals surface area contributed by atoms with Crippen LogP contribution in [-0.4, -0.2) is 4.99 Å². The molecule has 0 saturated carbocycles. The van der Waals surface area contributed by atoms with E-state index in [9.17, 15) is 4.39 Å². The van der Waals surface area contributed by atoms with Crippen LogP contribution in [0.4, 0.5) is 4.39 Å². The molecule has 0 amide bonds. The van der Waals surface area contributed by atoms with E-state index in [1.807, 2.05) is 24.3 Å². The highest BCUT2D eigenvalue weighted by atomic mass is 32.1. The van der Waals surface area contributed by atoms with Crippen molar-refractivity contribution < 1.29 is 9.13 Å². The topological polar surface area (TPSA) is 35.2 Å². The van der Waals surface area contributed by atoms with Crippen molar-refractivity contribution in [2.45, 2.75) is 13.5 Å². The Hall–Kier alpha value is -1.94. The first-order chi connectivity index (χ1) is 9.06. The van der Waals surface area contributed by atoms with E-state index in [1.54, 1.807) is 19.1 Å². The summed E-state index contributed by atoms with van der Waals surface area (Å²) in [6.45, 7) is 2.13. The zero-order valence-electron chi connectivity index (χ0n) is 10.5. The molecule has 2 aromatic carbocycles. The fourth-order valence-electron chi connectivity index (χ4n) is 1.64. The number of aryl methyl sites for hydroxylation is 1. The average molecular weight is 275 g/mol. The van der Waals surface area contributed by atoms with Gasteiger partial charge in [-0.1, -0.05) is 36.5 Å². The highest BCUT2D eigenvalue weighted by molar-refractivity contribution is 7.80. The number of benzene rings is 2. The monoisotopic (exact) mass is 275 g/mol. The van der Waals surface area contributed by atoms with Crippen LogP contribution >= 0.6 is 12.2 Å². The van der Waals surface area contributed by atoms with Gasteiger partial charge in [-0.05, 0) is 36.2 Å². The van der Waals surface area contributed by atoms with Crippen LogP contribution in [0.2, 0.25) is 0 Å². The molecule has 2 nitrogen and oxygen atoms in total.